The van der Waals surface area contributed by atoms with Crippen LogP contribution in [0.15, 0.2) is 0 Å². The van der Waals surface area contributed by atoms with Crippen molar-refractivity contribution in [3.05, 3.63) is 0 Å². The highest BCUT2D eigenvalue weighted by Crippen LogP contribution is 2.23. The summed E-state index contributed by atoms with van der Waals surface area (Å²) in [5, 5.41) is 0. The molecule has 0 spiro atoms. The molecule has 2 aliphatic heterocycles. The van der Waals surface area contributed by atoms with Gasteiger partial charge in [0.1, 0.15) is 0 Å². The van der Waals surface area contributed by atoms with E-state index < -0.39 is 12.6 Å². The van der Waals surface area contributed by atoms with Crippen LogP contribution in [0.4, 0.5) is 13.2 Å². The average Bonchev–Trinajstić information content (AvgIpc) is 2.55. The molecule has 1 atom stereocenters. The molecule has 2 saturated heterocycles. The van der Waals surface area contributed by atoms with Gasteiger partial charge in [-0.3, -0.25) is 4.90 Å². The van der Waals surface area contributed by atoms with E-state index in [1.165, 1.54) is 32.4 Å². The zero-order valence-electron chi connectivity index (χ0n) is 11.6. The Morgan fingerprint density at radius 1 is 0.947 bits per heavy atom. The highest BCUT2D eigenvalue weighted by Gasteiger charge is 2.28. The lowest BCUT2D eigenvalue weighted by molar-refractivity contribution is -0.135. The standard InChI is InChI=1S/C14H25F3N2/c15-14(16,17)7-2-4-8-18-9-5-11-19-10-3-1-6-13(19)12-18/h13H,1-12H2. The molecule has 5 heteroatoms. The largest absolute Gasteiger partial charge is 0.389 e. The lowest BCUT2D eigenvalue weighted by Gasteiger charge is -2.35. The Bertz CT molecular complexity index is 268. The van der Waals surface area contributed by atoms with Crippen LogP contribution in [0.1, 0.15) is 44.9 Å². The summed E-state index contributed by atoms with van der Waals surface area (Å²) in [5.74, 6) is 0. The SMILES string of the molecule is FC(F)(F)CCCCN1CCCN2CCCCC2C1. The van der Waals surface area contributed by atoms with Crippen molar-refractivity contribution in [2.24, 2.45) is 0 Å². The maximum Gasteiger partial charge on any atom is 0.389 e. The maximum atomic E-state index is 12.1. The number of alkyl halides is 3. The van der Waals surface area contributed by atoms with Crippen molar-refractivity contribution in [1.29, 1.82) is 0 Å². The first-order valence-corrected chi connectivity index (χ1v) is 7.58. The summed E-state index contributed by atoms with van der Waals surface area (Å²) in [5.41, 5.74) is 0. The van der Waals surface area contributed by atoms with Gasteiger partial charge in [-0.1, -0.05) is 6.42 Å². The number of fused-ring (bicyclic) bond motifs is 1. The first-order valence-electron chi connectivity index (χ1n) is 7.58. The smallest absolute Gasteiger partial charge is 0.302 e. The monoisotopic (exact) mass is 278 g/mol. The van der Waals surface area contributed by atoms with Crippen molar-refractivity contribution in [1.82, 2.24) is 9.80 Å². The topological polar surface area (TPSA) is 6.48 Å². The second-order valence-corrected chi connectivity index (χ2v) is 5.91. The van der Waals surface area contributed by atoms with Gasteiger partial charge < -0.3 is 4.90 Å². The summed E-state index contributed by atoms with van der Waals surface area (Å²) in [6, 6.07) is 0.652. The van der Waals surface area contributed by atoms with E-state index in [4.69, 9.17) is 0 Å². The third-order valence-electron chi connectivity index (χ3n) is 4.32. The quantitative estimate of drug-likeness (QED) is 0.728. The molecule has 2 fully saturated rings. The van der Waals surface area contributed by atoms with Crippen LogP contribution in [-0.2, 0) is 0 Å². The molecule has 2 heterocycles. The number of unbranched alkanes of at least 4 members (excludes halogenated alkanes) is 1. The first kappa shape index (κ1) is 15.1. The number of piperidine rings is 1. The van der Waals surface area contributed by atoms with Gasteiger partial charge in [0.25, 0.3) is 0 Å². The Morgan fingerprint density at radius 3 is 2.53 bits per heavy atom. The molecule has 0 N–H and O–H groups in total. The molecule has 2 rings (SSSR count). The van der Waals surface area contributed by atoms with Crippen molar-refractivity contribution in [3.63, 3.8) is 0 Å². The minimum absolute atomic E-state index is 0.272. The summed E-state index contributed by atoms with van der Waals surface area (Å²) in [6.07, 6.45) is 1.37. The fraction of sp³-hybridized carbons (Fsp3) is 1.00. The number of nitrogens with zero attached hydrogens (tertiary/aromatic N) is 2. The predicted molar refractivity (Wildman–Crippen MR) is 70.2 cm³/mol. The molecule has 19 heavy (non-hydrogen) atoms. The summed E-state index contributed by atoms with van der Waals surface area (Å²) < 4.78 is 36.3. The molecule has 2 nitrogen and oxygen atoms in total. The molecule has 112 valence electrons. The third kappa shape index (κ3) is 5.30. The van der Waals surface area contributed by atoms with Gasteiger partial charge in [0.05, 0.1) is 0 Å². The van der Waals surface area contributed by atoms with E-state index in [0.717, 1.165) is 26.1 Å². The summed E-state index contributed by atoms with van der Waals surface area (Å²) >= 11 is 0. The molecule has 0 aromatic carbocycles. The van der Waals surface area contributed by atoms with Crippen LogP contribution in [0.2, 0.25) is 0 Å². The minimum Gasteiger partial charge on any atom is -0.302 e. The van der Waals surface area contributed by atoms with E-state index in [2.05, 4.69) is 9.80 Å². The van der Waals surface area contributed by atoms with Gasteiger partial charge in [0.2, 0.25) is 0 Å². The number of rotatable bonds is 4. The van der Waals surface area contributed by atoms with Crippen LogP contribution in [0.3, 0.4) is 0 Å². The number of halogens is 3. The molecule has 1 unspecified atom stereocenters. The van der Waals surface area contributed by atoms with Gasteiger partial charge in [-0.2, -0.15) is 13.2 Å². The number of hydrogen-bond donors (Lipinski definition) is 0. The van der Waals surface area contributed by atoms with Crippen LogP contribution in [0.5, 0.6) is 0 Å². The Balaban J connectivity index is 1.69. The zero-order chi connectivity index (χ0) is 13.7. The van der Waals surface area contributed by atoms with Crippen LogP contribution in [-0.4, -0.2) is 54.7 Å². The fourth-order valence-corrected chi connectivity index (χ4v) is 3.31. The predicted octanol–water partition coefficient (Wildman–Crippen LogP) is 3.28. The molecular formula is C14H25F3N2. The van der Waals surface area contributed by atoms with Crippen molar-refractivity contribution in [3.8, 4) is 0 Å². The molecule has 2 aliphatic rings. The van der Waals surface area contributed by atoms with Crippen molar-refractivity contribution in [2.45, 2.75) is 57.2 Å². The van der Waals surface area contributed by atoms with Gasteiger partial charge in [-0.25, -0.2) is 0 Å². The Morgan fingerprint density at radius 2 is 1.74 bits per heavy atom. The van der Waals surface area contributed by atoms with Crippen LogP contribution in [0.25, 0.3) is 0 Å². The second-order valence-electron chi connectivity index (χ2n) is 5.91. The summed E-state index contributed by atoms with van der Waals surface area (Å²) in [4.78, 5) is 4.96. The van der Waals surface area contributed by atoms with Gasteiger partial charge >= 0.3 is 6.18 Å². The lowest BCUT2D eigenvalue weighted by Crippen LogP contribution is -2.44. The van der Waals surface area contributed by atoms with Gasteiger partial charge in [0, 0.05) is 19.0 Å². The van der Waals surface area contributed by atoms with E-state index in [1.807, 2.05) is 0 Å². The van der Waals surface area contributed by atoms with Gasteiger partial charge in [0.15, 0.2) is 0 Å². The molecule has 0 aliphatic carbocycles. The molecule has 0 radical (unpaired) electrons. The van der Waals surface area contributed by atoms with E-state index >= 15 is 0 Å². The van der Waals surface area contributed by atoms with E-state index in [9.17, 15) is 13.2 Å². The van der Waals surface area contributed by atoms with Crippen molar-refractivity contribution in [2.75, 3.05) is 32.7 Å². The minimum atomic E-state index is -3.99. The fourth-order valence-electron chi connectivity index (χ4n) is 3.31. The summed E-state index contributed by atoms with van der Waals surface area (Å²) in [7, 11) is 0. The Hall–Kier alpha value is -0.290. The lowest BCUT2D eigenvalue weighted by atomic mass is 10.0. The molecule has 0 aromatic heterocycles. The van der Waals surface area contributed by atoms with Crippen LogP contribution < -0.4 is 0 Å². The first-order chi connectivity index (χ1) is 9.04. The molecular weight excluding hydrogens is 253 g/mol. The Kier molecular flexibility index (Phi) is 5.51. The van der Waals surface area contributed by atoms with Crippen molar-refractivity contribution >= 4 is 0 Å². The van der Waals surface area contributed by atoms with E-state index in [0.29, 0.717) is 12.5 Å². The van der Waals surface area contributed by atoms with E-state index in [1.54, 1.807) is 0 Å². The zero-order valence-corrected chi connectivity index (χ0v) is 11.6. The second kappa shape index (κ2) is 6.93. The van der Waals surface area contributed by atoms with Crippen LogP contribution in [0, 0.1) is 0 Å². The highest BCUT2D eigenvalue weighted by atomic mass is 19.4. The molecule has 0 saturated carbocycles. The normalized spacial score (nSPS) is 27.0. The van der Waals surface area contributed by atoms with E-state index in [-0.39, 0.29) is 6.42 Å². The van der Waals surface area contributed by atoms with Gasteiger partial charge in [-0.15, -0.1) is 0 Å². The summed E-state index contributed by atoms with van der Waals surface area (Å²) in [6.45, 7) is 5.34. The molecule has 0 bridgehead atoms. The number of hydrogen-bond acceptors (Lipinski definition) is 2. The van der Waals surface area contributed by atoms with Gasteiger partial charge in [-0.05, 0) is 58.3 Å². The third-order valence-corrected chi connectivity index (χ3v) is 4.32. The van der Waals surface area contributed by atoms with Crippen molar-refractivity contribution < 1.29 is 13.2 Å². The Labute approximate surface area is 113 Å². The van der Waals surface area contributed by atoms with Crippen LogP contribution >= 0.6 is 0 Å². The molecule has 0 aromatic rings. The average molecular weight is 278 g/mol. The highest BCUT2D eigenvalue weighted by molar-refractivity contribution is 4.83. The maximum absolute atomic E-state index is 12.1. The molecule has 0 amide bonds.